The van der Waals surface area contributed by atoms with Gasteiger partial charge in [-0.2, -0.15) is 0 Å². The van der Waals surface area contributed by atoms with Crippen LogP contribution in [0.25, 0.3) is 10.8 Å². The molecule has 2 aromatic rings. The Balaban J connectivity index is 2.26. The van der Waals surface area contributed by atoms with E-state index in [9.17, 15) is 0 Å². The van der Waals surface area contributed by atoms with Crippen LogP contribution in [-0.4, -0.2) is 23.2 Å². The molecule has 1 aromatic carbocycles. The summed E-state index contributed by atoms with van der Waals surface area (Å²) in [5.41, 5.74) is 1.17. The van der Waals surface area contributed by atoms with Crippen LogP contribution in [0.4, 0.5) is 0 Å². The molecule has 78 valence electrons. The summed E-state index contributed by atoms with van der Waals surface area (Å²) >= 11 is 0. The molecule has 15 heavy (non-hydrogen) atoms. The highest BCUT2D eigenvalue weighted by Gasteiger charge is 1.99. The van der Waals surface area contributed by atoms with Crippen molar-refractivity contribution in [2.24, 2.45) is 0 Å². The minimum atomic E-state index is 0.165. The quantitative estimate of drug-likeness (QED) is 0.735. The van der Waals surface area contributed by atoms with Gasteiger partial charge in [0.05, 0.1) is 6.61 Å². The van der Waals surface area contributed by atoms with Crippen molar-refractivity contribution in [2.75, 3.05) is 13.2 Å². The molecule has 1 heterocycles. The Labute approximate surface area is 88.8 Å². The maximum atomic E-state index is 8.68. The number of aromatic nitrogens is 1. The number of hydrogen-bond acceptors (Lipinski definition) is 3. The van der Waals surface area contributed by atoms with Gasteiger partial charge in [0.1, 0.15) is 0 Å². The minimum absolute atomic E-state index is 0.165. The zero-order chi connectivity index (χ0) is 10.5. The predicted octanol–water partition coefficient (Wildman–Crippen LogP) is 1.32. The Hall–Kier alpha value is -1.45. The molecule has 3 nitrogen and oxygen atoms in total. The summed E-state index contributed by atoms with van der Waals surface area (Å²) in [5, 5.41) is 14.2. The second-order valence-corrected chi connectivity index (χ2v) is 3.42. The summed E-state index contributed by atoms with van der Waals surface area (Å²) in [4.78, 5) is 4.19. The third-order valence-electron chi connectivity index (χ3n) is 2.35. The topological polar surface area (TPSA) is 45.1 Å². The fraction of sp³-hybridized carbons (Fsp3) is 0.250. The van der Waals surface area contributed by atoms with Crippen LogP contribution in [0.1, 0.15) is 5.56 Å². The Morgan fingerprint density at radius 1 is 1.20 bits per heavy atom. The first-order valence-corrected chi connectivity index (χ1v) is 5.05. The summed E-state index contributed by atoms with van der Waals surface area (Å²) in [6, 6.07) is 8.18. The monoisotopic (exact) mass is 202 g/mol. The van der Waals surface area contributed by atoms with Crippen molar-refractivity contribution in [1.82, 2.24) is 10.3 Å². The van der Waals surface area contributed by atoms with Crippen LogP contribution in [0.3, 0.4) is 0 Å². The third kappa shape index (κ3) is 2.32. The van der Waals surface area contributed by atoms with E-state index in [2.05, 4.69) is 22.4 Å². The van der Waals surface area contributed by atoms with E-state index in [1.165, 1.54) is 10.9 Å². The van der Waals surface area contributed by atoms with Gasteiger partial charge in [0.2, 0.25) is 0 Å². The summed E-state index contributed by atoms with van der Waals surface area (Å²) in [7, 11) is 0. The maximum absolute atomic E-state index is 8.68. The molecule has 0 aliphatic carbocycles. The van der Waals surface area contributed by atoms with Crippen molar-refractivity contribution in [2.45, 2.75) is 6.54 Å². The number of benzene rings is 1. The van der Waals surface area contributed by atoms with Crippen molar-refractivity contribution >= 4 is 10.8 Å². The van der Waals surface area contributed by atoms with Crippen molar-refractivity contribution in [1.29, 1.82) is 0 Å². The Morgan fingerprint density at radius 2 is 2.07 bits per heavy atom. The van der Waals surface area contributed by atoms with E-state index in [-0.39, 0.29) is 6.61 Å². The lowest BCUT2D eigenvalue weighted by Gasteiger charge is -2.06. The first-order chi connectivity index (χ1) is 7.42. The van der Waals surface area contributed by atoms with Gasteiger partial charge in [-0.1, -0.05) is 24.3 Å². The molecule has 0 amide bonds. The van der Waals surface area contributed by atoms with Crippen LogP contribution in [-0.2, 0) is 6.54 Å². The van der Waals surface area contributed by atoms with Gasteiger partial charge < -0.3 is 10.4 Å². The predicted molar refractivity (Wildman–Crippen MR) is 60.5 cm³/mol. The highest BCUT2D eigenvalue weighted by Crippen LogP contribution is 2.16. The van der Waals surface area contributed by atoms with Crippen LogP contribution < -0.4 is 5.32 Å². The molecule has 0 fully saturated rings. The molecule has 0 aliphatic rings. The first-order valence-electron chi connectivity index (χ1n) is 5.05. The number of fused-ring (bicyclic) bond motifs is 1. The van der Waals surface area contributed by atoms with Crippen LogP contribution >= 0.6 is 0 Å². The largest absolute Gasteiger partial charge is 0.395 e. The number of pyridine rings is 1. The van der Waals surface area contributed by atoms with E-state index >= 15 is 0 Å². The van der Waals surface area contributed by atoms with Gasteiger partial charge in [0.25, 0.3) is 0 Å². The molecule has 1 aromatic heterocycles. The molecular weight excluding hydrogens is 188 g/mol. The van der Waals surface area contributed by atoms with E-state index in [1.807, 2.05) is 24.5 Å². The van der Waals surface area contributed by atoms with Gasteiger partial charge in [0.15, 0.2) is 0 Å². The highest BCUT2D eigenvalue weighted by molar-refractivity contribution is 5.84. The van der Waals surface area contributed by atoms with E-state index < -0.39 is 0 Å². The number of nitrogens with zero attached hydrogens (tertiary/aromatic N) is 1. The van der Waals surface area contributed by atoms with Gasteiger partial charge >= 0.3 is 0 Å². The molecule has 0 radical (unpaired) electrons. The average molecular weight is 202 g/mol. The van der Waals surface area contributed by atoms with Crippen LogP contribution in [0.2, 0.25) is 0 Å². The summed E-state index contributed by atoms with van der Waals surface area (Å²) < 4.78 is 0. The fourth-order valence-electron chi connectivity index (χ4n) is 1.62. The van der Waals surface area contributed by atoms with Gasteiger partial charge in [0, 0.05) is 30.9 Å². The molecule has 2 N–H and O–H groups in total. The zero-order valence-corrected chi connectivity index (χ0v) is 8.48. The zero-order valence-electron chi connectivity index (χ0n) is 8.48. The average Bonchev–Trinajstić information content (AvgIpc) is 2.30. The lowest BCUT2D eigenvalue weighted by atomic mass is 10.1. The number of nitrogens with one attached hydrogen (secondary N) is 1. The fourth-order valence-corrected chi connectivity index (χ4v) is 1.62. The molecule has 3 heteroatoms. The van der Waals surface area contributed by atoms with Crippen molar-refractivity contribution < 1.29 is 5.11 Å². The summed E-state index contributed by atoms with van der Waals surface area (Å²) in [5.74, 6) is 0. The van der Waals surface area contributed by atoms with Crippen LogP contribution in [0.15, 0.2) is 36.7 Å². The molecule has 0 saturated heterocycles. The molecule has 0 saturated carbocycles. The van der Waals surface area contributed by atoms with E-state index in [1.54, 1.807) is 0 Å². The molecule has 0 aliphatic heterocycles. The standard InChI is InChI=1S/C12H14N2O/c15-6-5-13-8-11-9-14-7-10-3-1-2-4-12(10)11/h1-4,7,9,13,15H,5-6,8H2. The second kappa shape index (κ2) is 4.87. The van der Waals surface area contributed by atoms with Gasteiger partial charge in [-0.05, 0) is 10.9 Å². The highest BCUT2D eigenvalue weighted by atomic mass is 16.3. The Morgan fingerprint density at radius 3 is 2.93 bits per heavy atom. The number of hydrogen-bond donors (Lipinski definition) is 2. The maximum Gasteiger partial charge on any atom is 0.0556 e. The number of aliphatic hydroxyl groups excluding tert-OH is 1. The molecular formula is C12H14N2O. The van der Waals surface area contributed by atoms with Gasteiger partial charge in [-0.15, -0.1) is 0 Å². The molecule has 0 spiro atoms. The Kier molecular flexibility index (Phi) is 3.27. The number of rotatable bonds is 4. The smallest absolute Gasteiger partial charge is 0.0556 e. The summed E-state index contributed by atoms with van der Waals surface area (Å²) in [6.07, 6.45) is 3.73. The second-order valence-electron chi connectivity index (χ2n) is 3.42. The summed E-state index contributed by atoms with van der Waals surface area (Å²) in [6.45, 7) is 1.52. The molecule has 2 rings (SSSR count). The lowest BCUT2D eigenvalue weighted by molar-refractivity contribution is 0.292. The Bertz CT molecular complexity index is 437. The SMILES string of the molecule is OCCNCc1cncc2ccccc12. The van der Waals surface area contributed by atoms with Crippen molar-refractivity contribution in [3.63, 3.8) is 0 Å². The third-order valence-corrected chi connectivity index (χ3v) is 2.35. The van der Waals surface area contributed by atoms with Crippen LogP contribution in [0, 0.1) is 0 Å². The number of aliphatic hydroxyl groups is 1. The molecule has 0 atom stereocenters. The lowest BCUT2D eigenvalue weighted by Crippen LogP contribution is -2.17. The molecule has 0 bridgehead atoms. The van der Waals surface area contributed by atoms with E-state index in [0.29, 0.717) is 6.54 Å². The first kappa shape index (κ1) is 10.1. The molecule has 0 unspecified atom stereocenters. The minimum Gasteiger partial charge on any atom is -0.395 e. The van der Waals surface area contributed by atoms with Gasteiger partial charge in [-0.3, -0.25) is 4.98 Å². The van der Waals surface area contributed by atoms with Crippen molar-refractivity contribution in [3.05, 3.63) is 42.2 Å². The van der Waals surface area contributed by atoms with Crippen molar-refractivity contribution in [3.8, 4) is 0 Å². The van der Waals surface area contributed by atoms with Gasteiger partial charge in [-0.25, -0.2) is 0 Å². The normalized spacial score (nSPS) is 10.7. The van der Waals surface area contributed by atoms with E-state index in [4.69, 9.17) is 5.11 Å². The van der Waals surface area contributed by atoms with E-state index in [0.717, 1.165) is 11.9 Å². The van der Waals surface area contributed by atoms with Crippen LogP contribution in [0.5, 0.6) is 0 Å².